The molecule has 0 spiro atoms. The first-order valence-corrected chi connectivity index (χ1v) is 10.0. The number of rotatable bonds is 3. The Balaban J connectivity index is 1.87. The van der Waals surface area contributed by atoms with Crippen LogP contribution in [0.15, 0.2) is 106 Å². The fourth-order valence-corrected chi connectivity index (χ4v) is 3.66. The van der Waals surface area contributed by atoms with Gasteiger partial charge in [0, 0.05) is 19.7 Å². The Bertz CT molecular complexity index is 1250. The zero-order valence-electron chi connectivity index (χ0n) is 16.3. The van der Waals surface area contributed by atoms with Crippen molar-refractivity contribution in [1.29, 1.82) is 0 Å². The summed E-state index contributed by atoms with van der Waals surface area (Å²) in [6.07, 6.45) is 0. The number of hydrogen-bond donors (Lipinski definition) is 0. The van der Waals surface area contributed by atoms with E-state index in [0.717, 1.165) is 27.4 Å². The molecule has 6 heteroatoms. The summed E-state index contributed by atoms with van der Waals surface area (Å²) >= 11 is 1.53. The number of para-hydroxylation sites is 2. The van der Waals surface area contributed by atoms with Crippen LogP contribution in [0.2, 0.25) is 0 Å². The predicted octanol–water partition coefficient (Wildman–Crippen LogP) is 4.34. The zero-order valence-corrected chi connectivity index (χ0v) is 17.1. The van der Waals surface area contributed by atoms with Crippen molar-refractivity contribution in [3.8, 4) is 0 Å². The number of benzene rings is 3. The fourth-order valence-electron chi connectivity index (χ4n) is 2.84. The summed E-state index contributed by atoms with van der Waals surface area (Å²) in [6, 6.07) is 29.8. The second-order valence-corrected chi connectivity index (χ2v) is 7.52. The van der Waals surface area contributed by atoms with Crippen molar-refractivity contribution < 1.29 is 0 Å². The van der Waals surface area contributed by atoms with E-state index in [2.05, 4.69) is 0 Å². The van der Waals surface area contributed by atoms with Crippen molar-refractivity contribution in [2.45, 2.75) is 0 Å². The molecular formula is C23H21N5S. The number of amidine groups is 1. The molecule has 0 aliphatic carbocycles. The van der Waals surface area contributed by atoms with Gasteiger partial charge in [-0.1, -0.05) is 66.7 Å². The van der Waals surface area contributed by atoms with Gasteiger partial charge in [-0.05, 0) is 35.8 Å². The molecule has 0 aliphatic rings. The van der Waals surface area contributed by atoms with Gasteiger partial charge in [0.25, 0.3) is 0 Å². The summed E-state index contributed by atoms with van der Waals surface area (Å²) in [5, 5.41) is 0. The molecule has 0 atom stereocenters. The maximum atomic E-state index is 4.90. The van der Waals surface area contributed by atoms with E-state index in [1.807, 2.05) is 114 Å². The van der Waals surface area contributed by atoms with E-state index in [1.54, 1.807) is 0 Å². The zero-order chi connectivity index (χ0) is 20.1. The second-order valence-electron chi connectivity index (χ2n) is 6.43. The lowest BCUT2D eigenvalue weighted by atomic mass is 10.2. The predicted molar refractivity (Wildman–Crippen MR) is 119 cm³/mol. The second kappa shape index (κ2) is 8.67. The molecule has 5 nitrogen and oxygen atoms in total. The Hall–Kier alpha value is -3.51. The minimum atomic E-state index is 0.667. The van der Waals surface area contributed by atoms with Crippen LogP contribution in [0, 0.1) is 0 Å². The number of aromatic nitrogens is 2. The topological polar surface area (TPSA) is 46.9 Å². The van der Waals surface area contributed by atoms with Gasteiger partial charge in [0.05, 0.1) is 11.4 Å². The summed E-state index contributed by atoms with van der Waals surface area (Å²) in [5.74, 6) is 0.667. The molecule has 1 aromatic heterocycles. The molecule has 4 rings (SSSR count). The molecule has 0 fully saturated rings. The molecule has 0 bridgehead atoms. The third-order valence-electron chi connectivity index (χ3n) is 4.30. The molecule has 4 aromatic rings. The Labute approximate surface area is 173 Å². The van der Waals surface area contributed by atoms with Crippen LogP contribution >= 0.6 is 11.5 Å². The van der Waals surface area contributed by atoms with Crippen molar-refractivity contribution >= 4 is 28.7 Å². The highest BCUT2D eigenvalue weighted by atomic mass is 32.1. The lowest BCUT2D eigenvalue weighted by Gasteiger charge is -2.01. The first kappa shape index (κ1) is 18.8. The van der Waals surface area contributed by atoms with Crippen LogP contribution < -0.4 is 10.4 Å². The Morgan fingerprint density at radius 3 is 1.90 bits per heavy atom. The summed E-state index contributed by atoms with van der Waals surface area (Å²) in [4.78, 5) is 15.3. The SMILES string of the molecule is Cn1sc(=NC(=Nc2ccccc2)c2ccccc2)n(C)c1=Nc1ccccc1. The molecule has 0 radical (unpaired) electrons. The minimum absolute atomic E-state index is 0.667. The molecule has 144 valence electrons. The molecule has 29 heavy (non-hydrogen) atoms. The van der Waals surface area contributed by atoms with E-state index in [1.165, 1.54) is 11.5 Å². The van der Waals surface area contributed by atoms with Crippen molar-refractivity contribution in [3.05, 3.63) is 107 Å². The normalized spacial score (nSPS) is 13.1. The number of aliphatic imine (C=N–C) groups is 1. The molecule has 0 saturated heterocycles. The smallest absolute Gasteiger partial charge is 0.221 e. The van der Waals surface area contributed by atoms with Crippen LogP contribution in [0.25, 0.3) is 0 Å². The van der Waals surface area contributed by atoms with E-state index >= 15 is 0 Å². The van der Waals surface area contributed by atoms with Crippen LogP contribution in [0.4, 0.5) is 11.4 Å². The van der Waals surface area contributed by atoms with E-state index in [0.29, 0.717) is 5.84 Å². The average Bonchev–Trinajstić information content (AvgIpc) is 3.03. The summed E-state index contributed by atoms with van der Waals surface area (Å²) in [5.41, 5.74) is 3.57. The largest absolute Gasteiger partial charge is 0.289 e. The summed E-state index contributed by atoms with van der Waals surface area (Å²) in [7, 11) is 3.96. The highest BCUT2D eigenvalue weighted by Crippen LogP contribution is 2.14. The third kappa shape index (κ3) is 4.50. The molecule has 0 unspecified atom stereocenters. The van der Waals surface area contributed by atoms with Gasteiger partial charge in [-0.3, -0.25) is 8.52 Å². The summed E-state index contributed by atoms with van der Waals surface area (Å²) in [6.45, 7) is 0. The van der Waals surface area contributed by atoms with Crippen molar-refractivity contribution in [3.63, 3.8) is 0 Å². The van der Waals surface area contributed by atoms with Gasteiger partial charge < -0.3 is 0 Å². The average molecular weight is 400 g/mol. The highest BCUT2D eigenvalue weighted by molar-refractivity contribution is 7.03. The first-order valence-electron chi connectivity index (χ1n) is 9.28. The Morgan fingerprint density at radius 1 is 0.724 bits per heavy atom. The maximum absolute atomic E-state index is 4.90. The van der Waals surface area contributed by atoms with Gasteiger partial charge in [0.2, 0.25) is 10.4 Å². The molecule has 3 aromatic carbocycles. The number of hydrogen-bond acceptors (Lipinski definition) is 3. The summed E-state index contributed by atoms with van der Waals surface area (Å²) < 4.78 is 4.00. The van der Waals surface area contributed by atoms with Gasteiger partial charge in [-0.2, -0.15) is 4.99 Å². The lowest BCUT2D eigenvalue weighted by Crippen LogP contribution is -2.27. The first-order chi connectivity index (χ1) is 14.2. The van der Waals surface area contributed by atoms with Gasteiger partial charge in [0.1, 0.15) is 0 Å². The molecule has 1 heterocycles. The van der Waals surface area contributed by atoms with E-state index < -0.39 is 0 Å². The molecular weight excluding hydrogens is 378 g/mol. The van der Waals surface area contributed by atoms with Crippen LogP contribution in [0.5, 0.6) is 0 Å². The number of aryl methyl sites for hydroxylation is 1. The molecule has 0 aliphatic heterocycles. The van der Waals surface area contributed by atoms with E-state index in [4.69, 9.17) is 15.0 Å². The lowest BCUT2D eigenvalue weighted by molar-refractivity contribution is 0.739. The Morgan fingerprint density at radius 2 is 1.28 bits per heavy atom. The van der Waals surface area contributed by atoms with Crippen LogP contribution in [-0.2, 0) is 14.1 Å². The monoisotopic (exact) mass is 399 g/mol. The van der Waals surface area contributed by atoms with Crippen LogP contribution in [0.1, 0.15) is 5.56 Å². The van der Waals surface area contributed by atoms with Crippen LogP contribution in [0.3, 0.4) is 0 Å². The molecule has 0 saturated carbocycles. The van der Waals surface area contributed by atoms with E-state index in [-0.39, 0.29) is 0 Å². The fraction of sp³-hybridized carbons (Fsp3) is 0.0870. The quantitative estimate of drug-likeness (QED) is 0.364. The standard InChI is InChI=1S/C23H21N5S/c1-27-22(25-20-16-10-5-11-17-20)28(2)29-23(27)26-21(18-12-6-3-7-13-18)24-19-14-8-4-9-15-19/h3-17H,1-2H3. The van der Waals surface area contributed by atoms with Crippen LogP contribution in [-0.4, -0.2) is 14.4 Å². The van der Waals surface area contributed by atoms with Crippen molar-refractivity contribution in [2.24, 2.45) is 29.1 Å². The van der Waals surface area contributed by atoms with Gasteiger partial charge in [-0.15, -0.1) is 0 Å². The van der Waals surface area contributed by atoms with E-state index in [9.17, 15) is 0 Å². The highest BCUT2D eigenvalue weighted by Gasteiger charge is 2.06. The maximum Gasteiger partial charge on any atom is 0.221 e. The van der Waals surface area contributed by atoms with Gasteiger partial charge in [0.15, 0.2) is 5.84 Å². The molecule has 0 N–H and O–H groups in total. The minimum Gasteiger partial charge on any atom is -0.289 e. The van der Waals surface area contributed by atoms with Crippen molar-refractivity contribution in [1.82, 2.24) is 8.52 Å². The molecule has 0 amide bonds. The van der Waals surface area contributed by atoms with Gasteiger partial charge >= 0.3 is 0 Å². The third-order valence-corrected chi connectivity index (χ3v) is 5.26. The Kier molecular flexibility index (Phi) is 5.63. The van der Waals surface area contributed by atoms with Gasteiger partial charge in [-0.25, -0.2) is 9.98 Å². The number of nitrogens with zero attached hydrogens (tertiary/aromatic N) is 5. The van der Waals surface area contributed by atoms with Crippen molar-refractivity contribution in [2.75, 3.05) is 0 Å².